The van der Waals surface area contributed by atoms with Gasteiger partial charge >= 0.3 is 6.09 Å². The molecule has 2 amide bonds. The first kappa shape index (κ1) is 34.5. The van der Waals surface area contributed by atoms with Gasteiger partial charge in [0.15, 0.2) is 5.75 Å². The summed E-state index contributed by atoms with van der Waals surface area (Å²) in [6.07, 6.45) is 2.19. The number of aryl methyl sites for hydroxylation is 1. The third-order valence-electron chi connectivity index (χ3n) is 9.13. The number of carbonyl (C=O) groups is 2. The van der Waals surface area contributed by atoms with Crippen LogP contribution in [0.5, 0.6) is 11.6 Å². The van der Waals surface area contributed by atoms with E-state index in [1.807, 2.05) is 55.5 Å². The quantitative estimate of drug-likeness (QED) is 0.361. The van der Waals surface area contributed by atoms with Gasteiger partial charge in [-0.3, -0.25) is 19.7 Å². The van der Waals surface area contributed by atoms with Crippen LogP contribution in [0.25, 0.3) is 10.9 Å². The Hall–Kier alpha value is -3.81. The highest BCUT2D eigenvalue weighted by Gasteiger charge is 2.30. The number of benzene rings is 2. The maximum atomic E-state index is 13.3. The number of hydrogen-bond acceptors (Lipinski definition) is 8. The Morgan fingerprint density at radius 2 is 1.62 bits per heavy atom. The molecule has 5 rings (SSSR count). The fourth-order valence-electron chi connectivity index (χ4n) is 6.46. The number of nitrogens with zero attached hydrogens (tertiary/aromatic N) is 4. The molecule has 3 aromatic rings. The molecule has 2 fully saturated rings. The maximum absolute atomic E-state index is 13.3. The van der Waals surface area contributed by atoms with E-state index in [9.17, 15) is 18.0 Å². The fraction of sp³-hybridized carbons (Fsp3) is 0.529. The highest BCUT2D eigenvalue weighted by Crippen LogP contribution is 2.39. The van der Waals surface area contributed by atoms with Crippen LogP contribution in [0.15, 0.2) is 36.4 Å². The number of piperidine rings is 1. The van der Waals surface area contributed by atoms with Crippen molar-refractivity contribution in [3.8, 4) is 11.6 Å². The van der Waals surface area contributed by atoms with E-state index in [1.165, 1.54) is 7.11 Å². The van der Waals surface area contributed by atoms with Crippen molar-refractivity contribution >= 4 is 44.3 Å². The lowest BCUT2D eigenvalue weighted by Gasteiger charge is -2.38. The van der Waals surface area contributed by atoms with Gasteiger partial charge in [-0.2, -0.15) is 0 Å². The minimum absolute atomic E-state index is 0.139. The van der Waals surface area contributed by atoms with Crippen LogP contribution in [-0.2, 0) is 33.8 Å². The van der Waals surface area contributed by atoms with E-state index >= 15 is 0 Å². The fourth-order valence-corrected chi connectivity index (χ4v) is 7.02. The molecule has 256 valence electrons. The van der Waals surface area contributed by atoms with Crippen LogP contribution in [0.4, 0.5) is 16.2 Å². The van der Waals surface area contributed by atoms with Gasteiger partial charge in [0.2, 0.25) is 21.8 Å². The number of piperazine rings is 1. The molecule has 2 N–H and O–H groups in total. The van der Waals surface area contributed by atoms with Crippen molar-refractivity contribution in [2.45, 2.75) is 45.6 Å². The molecule has 1 aromatic heterocycles. The van der Waals surface area contributed by atoms with E-state index < -0.39 is 16.1 Å². The summed E-state index contributed by atoms with van der Waals surface area (Å²) in [7, 11) is 1.77. The van der Waals surface area contributed by atoms with Crippen molar-refractivity contribution in [2.24, 2.45) is 13.0 Å². The Labute approximate surface area is 278 Å². The summed E-state index contributed by atoms with van der Waals surface area (Å²) >= 11 is 0. The molecule has 0 saturated carbocycles. The van der Waals surface area contributed by atoms with Crippen LogP contribution in [0, 0.1) is 5.92 Å². The summed E-state index contributed by atoms with van der Waals surface area (Å²) in [5, 5.41) is 3.70. The number of aromatic nitrogens is 1. The second-order valence-corrected chi connectivity index (χ2v) is 15.6. The lowest BCUT2D eigenvalue weighted by atomic mass is 9.86. The summed E-state index contributed by atoms with van der Waals surface area (Å²) in [6.45, 7) is 11.7. The number of sulfonamides is 1. The Bertz CT molecular complexity index is 1730. The van der Waals surface area contributed by atoms with Crippen molar-refractivity contribution < 1.29 is 27.5 Å². The second kappa shape index (κ2) is 13.7. The molecule has 2 saturated heterocycles. The van der Waals surface area contributed by atoms with Crippen molar-refractivity contribution in [1.82, 2.24) is 19.3 Å². The standard InChI is InChI=1S/C34H48N6O6S/c1-34(2,3)26-20-27(31(45-6)28(21-26)36-47(7,43)44)35-33(42)46-29-19-24-9-8-10-25(30(24)38(29)5)22-39-15-17-40(18-16-39)32(41)23-11-13-37(4)14-12-23/h8-10,19-21,23,36H,11-18,22H2,1-7H3,(H,35,42). The first-order valence-corrected chi connectivity index (χ1v) is 18.0. The molecule has 2 aromatic carbocycles. The van der Waals surface area contributed by atoms with Crippen LogP contribution in [-0.4, -0.2) is 99.4 Å². The summed E-state index contributed by atoms with van der Waals surface area (Å²) in [6, 6.07) is 11.4. The topological polar surface area (TPSA) is 125 Å². The molecule has 3 heterocycles. The zero-order valence-corrected chi connectivity index (χ0v) is 29.4. The number of methoxy groups -OCH3 is 1. The van der Waals surface area contributed by atoms with E-state index in [-0.39, 0.29) is 28.5 Å². The molecule has 0 radical (unpaired) electrons. The number of fused-ring (bicyclic) bond motifs is 1. The average Bonchev–Trinajstić information content (AvgIpc) is 3.31. The van der Waals surface area contributed by atoms with Gasteiger partial charge in [0.05, 0.1) is 30.3 Å². The number of para-hydroxylation sites is 1. The summed E-state index contributed by atoms with van der Waals surface area (Å²) < 4.78 is 39.9. The summed E-state index contributed by atoms with van der Waals surface area (Å²) in [5.74, 6) is 0.972. The number of hydrogen-bond donors (Lipinski definition) is 2. The number of rotatable bonds is 8. The van der Waals surface area contributed by atoms with E-state index in [0.717, 1.165) is 80.4 Å². The number of anilines is 2. The maximum Gasteiger partial charge on any atom is 0.418 e. The Balaban J connectivity index is 1.29. The lowest BCUT2D eigenvalue weighted by Crippen LogP contribution is -2.51. The van der Waals surface area contributed by atoms with Crippen LogP contribution < -0.4 is 19.5 Å². The van der Waals surface area contributed by atoms with E-state index in [4.69, 9.17) is 9.47 Å². The molecule has 2 aliphatic heterocycles. The number of carbonyl (C=O) groups excluding carboxylic acids is 2. The van der Waals surface area contributed by atoms with E-state index in [0.29, 0.717) is 18.3 Å². The van der Waals surface area contributed by atoms with Gasteiger partial charge in [-0.1, -0.05) is 39.0 Å². The largest absolute Gasteiger partial charge is 0.492 e. The first-order chi connectivity index (χ1) is 22.1. The molecule has 0 aliphatic carbocycles. The third kappa shape index (κ3) is 8.20. The summed E-state index contributed by atoms with van der Waals surface area (Å²) in [5.41, 5.74) is 3.02. The van der Waals surface area contributed by atoms with Crippen LogP contribution in [0.2, 0.25) is 0 Å². The number of amides is 2. The highest BCUT2D eigenvalue weighted by molar-refractivity contribution is 7.92. The van der Waals surface area contributed by atoms with Gasteiger partial charge in [0.25, 0.3) is 0 Å². The summed E-state index contributed by atoms with van der Waals surface area (Å²) in [4.78, 5) is 33.1. The molecule has 12 nitrogen and oxygen atoms in total. The van der Waals surface area contributed by atoms with Crippen molar-refractivity contribution in [3.63, 3.8) is 0 Å². The highest BCUT2D eigenvalue weighted by atomic mass is 32.2. The van der Waals surface area contributed by atoms with Gasteiger partial charge in [-0.15, -0.1) is 0 Å². The molecular formula is C34H48N6O6S. The zero-order chi connectivity index (χ0) is 34.1. The van der Waals surface area contributed by atoms with Gasteiger partial charge in [0, 0.05) is 57.1 Å². The van der Waals surface area contributed by atoms with Gasteiger partial charge in [-0.25, -0.2) is 13.2 Å². The smallest absolute Gasteiger partial charge is 0.418 e. The monoisotopic (exact) mass is 668 g/mol. The zero-order valence-electron chi connectivity index (χ0n) is 28.6. The van der Waals surface area contributed by atoms with E-state index in [1.54, 1.807) is 12.1 Å². The van der Waals surface area contributed by atoms with Gasteiger partial charge in [0.1, 0.15) is 0 Å². The van der Waals surface area contributed by atoms with Crippen molar-refractivity contribution in [3.05, 3.63) is 47.5 Å². The van der Waals surface area contributed by atoms with Gasteiger partial charge < -0.3 is 23.8 Å². The first-order valence-electron chi connectivity index (χ1n) is 16.1. The molecule has 13 heteroatoms. The number of nitrogens with one attached hydrogen (secondary N) is 2. The Morgan fingerprint density at radius 3 is 2.23 bits per heavy atom. The van der Waals surface area contributed by atoms with E-state index in [2.05, 4.69) is 33.0 Å². The predicted octanol–water partition coefficient (Wildman–Crippen LogP) is 4.45. The third-order valence-corrected chi connectivity index (χ3v) is 9.72. The second-order valence-electron chi connectivity index (χ2n) is 13.8. The Kier molecular flexibility index (Phi) is 10.1. The van der Waals surface area contributed by atoms with Crippen molar-refractivity contribution in [2.75, 3.05) is 69.7 Å². The van der Waals surface area contributed by atoms with Crippen LogP contribution >= 0.6 is 0 Å². The predicted molar refractivity (Wildman–Crippen MR) is 185 cm³/mol. The normalized spacial score (nSPS) is 17.1. The minimum atomic E-state index is -3.61. The minimum Gasteiger partial charge on any atom is -0.492 e. The van der Waals surface area contributed by atoms with Gasteiger partial charge in [-0.05, 0) is 61.7 Å². The number of ether oxygens (including phenoxy) is 2. The number of likely N-dealkylation sites (tertiary alicyclic amines) is 1. The lowest BCUT2D eigenvalue weighted by molar-refractivity contribution is -0.138. The van der Waals surface area contributed by atoms with Crippen LogP contribution in [0.1, 0.15) is 44.7 Å². The molecule has 2 aliphatic rings. The van der Waals surface area contributed by atoms with Crippen molar-refractivity contribution in [1.29, 1.82) is 0 Å². The van der Waals surface area contributed by atoms with Crippen LogP contribution in [0.3, 0.4) is 0 Å². The molecule has 0 unspecified atom stereocenters. The molecule has 47 heavy (non-hydrogen) atoms. The molecular weight excluding hydrogens is 620 g/mol. The average molecular weight is 669 g/mol. The molecule has 0 bridgehead atoms. The molecule has 0 atom stereocenters. The Morgan fingerprint density at radius 1 is 0.957 bits per heavy atom. The SMILES string of the molecule is COc1c(NC(=O)Oc2cc3cccc(CN4CCN(C(=O)C5CCN(C)CC5)CC4)c3n2C)cc(C(C)(C)C)cc1NS(C)(=O)=O. The molecule has 0 spiro atoms.